The topological polar surface area (TPSA) is 63.4 Å². The molecule has 2 rings (SSSR count). The summed E-state index contributed by atoms with van der Waals surface area (Å²) in [4.78, 5) is 2.62. The first-order chi connectivity index (χ1) is 8.82. The molecule has 4 nitrogen and oxygen atoms in total. The molecule has 19 heavy (non-hydrogen) atoms. The van der Waals surface area contributed by atoms with Crippen molar-refractivity contribution in [3.05, 3.63) is 28.2 Å². The standard InChI is InChI=1S/C13H19BrN2O2S/c1-16-8-9(7-15)5-12(16)10-3-4-13(11(14)6-10)19(2,17)18/h3-4,6,9,12H,5,7-8,15H2,1-2H3. The number of rotatable bonds is 3. The molecular formula is C13H19BrN2O2S. The van der Waals surface area contributed by atoms with Crippen molar-refractivity contribution in [3.8, 4) is 0 Å². The summed E-state index contributed by atoms with van der Waals surface area (Å²) >= 11 is 3.36. The van der Waals surface area contributed by atoms with E-state index < -0.39 is 9.84 Å². The van der Waals surface area contributed by atoms with Crippen LogP contribution < -0.4 is 5.73 Å². The zero-order valence-electron chi connectivity index (χ0n) is 11.1. The van der Waals surface area contributed by atoms with E-state index in [1.54, 1.807) is 6.07 Å². The summed E-state index contributed by atoms with van der Waals surface area (Å²) in [5.41, 5.74) is 6.87. The molecule has 0 aliphatic carbocycles. The number of likely N-dealkylation sites (tertiary alicyclic amines) is 1. The third-order valence-corrected chi connectivity index (χ3v) is 5.78. The predicted octanol–water partition coefficient (Wildman–Crippen LogP) is 1.80. The SMILES string of the molecule is CN1CC(CN)CC1c1ccc(S(C)(=O)=O)c(Br)c1. The van der Waals surface area contributed by atoms with Crippen LogP contribution in [0.15, 0.2) is 27.6 Å². The first-order valence-electron chi connectivity index (χ1n) is 6.22. The molecule has 1 saturated heterocycles. The van der Waals surface area contributed by atoms with Crippen LogP contribution in [-0.4, -0.2) is 39.7 Å². The van der Waals surface area contributed by atoms with Gasteiger partial charge in [-0.25, -0.2) is 8.42 Å². The first-order valence-corrected chi connectivity index (χ1v) is 8.91. The highest BCUT2D eigenvalue weighted by Crippen LogP contribution is 2.36. The van der Waals surface area contributed by atoms with Gasteiger partial charge < -0.3 is 5.73 Å². The number of nitrogens with zero attached hydrogens (tertiary/aromatic N) is 1. The van der Waals surface area contributed by atoms with E-state index >= 15 is 0 Å². The van der Waals surface area contributed by atoms with Crippen LogP contribution in [0.3, 0.4) is 0 Å². The van der Waals surface area contributed by atoms with E-state index in [9.17, 15) is 8.42 Å². The fourth-order valence-corrected chi connectivity index (χ4v) is 4.70. The highest BCUT2D eigenvalue weighted by atomic mass is 79.9. The highest BCUT2D eigenvalue weighted by Gasteiger charge is 2.30. The molecule has 1 fully saturated rings. The molecule has 1 heterocycles. The van der Waals surface area contributed by atoms with Gasteiger partial charge in [0.15, 0.2) is 9.84 Å². The minimum atomic E-state index is -3.18. The van der Waals surface area contributed by atoms with E-state index in [1.807, 2.05) is 12.1 Å². The number of halogens is 1. The molecule has 0 bridgehead atoms. The van der Waals surface area contributed by atoms with Gasteiger partial charge >= 0.3 is 0 Å². The van der Waals surface area contributed by atoms with Gasteiger partial charge in [-0.1, -0.05) is 6.07 Å². The van der Waals surface area contributed by atoms with Crippen molar-refractivity contribution in [1.82, 2.24) is 4.90 Å². The molecule has 0 radical (unpaired) electrons. The Bertz CT molecular complexity index is 574. The lowest BCUT2D eigenvalue weighted by atomic mass is 10.00. The number of sulfone groups is 1. The highest BCUT2D eigenvalue weighted by molar-refractivity contribution is 9.10. The number of hydrogen-bond acceptors (Lipinski definition) is 4. The largest absolute Gasteiger partial charge is 0.330 e. The van der Waals surface area contributed by atoms with Crippen molar-refractivity contribution in [2.24, 2.45) is 11.7 Å². The lowest BCUT2D eigenvalue weighted by Gasteiger charge is -2.20. The monoisotopic (exact) mass is 346 g/mol. The number of hydrogen-bond donors (Lipinski definition) is 1. The van der Waals surface area contributed by atoms with Gasteiger partial charge in [-0.05, 0) is 59.6 Å². The van der Waals surface area contributed by atoms with Gasteiger partial charge in [0, 0.05) is 23.3 Å². The van der Waals surface area contributed by atoms with E-state index in [4.69, 9.17) is 5.73 Å². The fourth-order valence-electron chi connectivity index (χ4n) is 2.69. The molecule has 0 aromatic heterocycles. The molecule has 1 aromatic carbocycles. The maximum atomic E-state index is 11.6. The van der Waals surface area contributed by atoms with Crippen LogP contribution >= 0.6 is 15.9 Å². The third-order valence-electron chi connectivity index (χ3n) is 3.71. The number of nitrogens with two attached hydrogens (primary N) is 1. The Hall–Kier alpha value is -0.430. The zero-order chi connectivity index (χ0) is 14.2. The average molecular weight is 347 g/mol. The second-order valence-corrected chi connectivity index (χ2v) is 8.09. The van der Waals surface area contributed by atoms with Crippen molar-refractivity contribution < 1.29 is 8.42 Å². The summed E-state index contributed by atoms with van der Waals surface area (Å²) in [7, 11) is -1.10. The van der Waals surface area contributed by atoms with Crippen LogP contribution in [0.5, 0.6) is 0 Å². The summed E-state index contributed by atoms with van der Waals surface area (Å²) in [6, 6.07) is 5.81. The van der Waals surface area contributed by atoms with Crippen LogP contribution in [0.2, 0.25) is 0 Å². The molecule has 2 unspecified atom stereocenters. The fraction of sp³-hybridized carbons (Fsp3) is 0.538. The van der Waals surface area contributed by atoms with Crippen LogP contribution in [-0.2, 0) is 9.84 Å². The quantitative estimate of drug-likeness (QED) is 0.906. The molecule has 2 atom stereocenters. The van der Waals surface area contributed by atoms with E-state index in [0.717, 1.165) is 18.5 Å². The van der Waals surface area contributed by atoms with Gasteiger partial charge in [0.25, 0.3) is 0 Å². The van der Waals surface area contributed by atoms with E-state index in [1.165, 1.54) is 6.26 Å². The maximum Gasteiger partial charge on any atom is 0.176 e. The summed E-state index contributed by atoms with van der Waals surface area (Å²) in [6.45, 7) is 1.69. The van der Waals surface area contributed by atoms with E-state index in [0.29, 0.717) is 27.9 Å². The molecule has 1 aromatic rings. The van der Waals surface area contributed by atoms with Crippen molar-refractivity contribution in [1.29, 1.82) is 0 Å². The maximum absolute atomic E-state index is 11.6. The lowest BCUT2D eigenvalue weighted by Crippen LogP contribution is -2.20. The summed E-state index contributed by atoms with van der Waals surface area (Å²) in [5.74, 6) is 0.517. The second-order valence-electron chi connectivity index (χ2n) is 5.25. The van der Waals surface area contributed by atoms with Crippen LogP contribution in [0, 0.1) is 5.92 Å². The number of benzene rings is 1. The summed E-state index contributed by atoms with van der Waals surface area (Å²) in [5, 5.41) is 0. The minimum absolute atomic E-state index is 0.318. The van der Waals surface area contributed by atoms with Crippen molar-refractivity contribution in [3.63, 3.8) is 0 Å². The van der Waals surface area contributed by atoms with Crippen LogP contribution in [0.1, 0.15) is 18.0 Å². The van der Waals surface area contributed by atoms with Crippen LogP contribution in [0.25, 0.3) is 0 Å². The summed E-state index contributed by atoms with van der Waals surface area (Å²) in [6.07, 6.45) is 2.25. The molecular weight excluding hydrogens is 328 g/mol. The van der Waals surface area contributed by atoms with Gasteiger partial charge in [-0.15, -0.1) is 0 Å². The van der Waals surface area contributed by atoms with Crippen LogP contribution in [0.4, 0.5) is 0 Å². The van der Waals surface area contributed by atoms with Gasteiger partial charge in [-0.3, -0.25) is 4.90 Å². The van der Waals surface area contributed by atoms with Crippen molar-refractivity contribution in [2.75, 3.05) is 26.4 Å². The normalized spacial score (nSPS) is 24.8. The third kappa shape index (κ3) is 3.18. The Balaban J connectivity index is 2.31. The average Bonchev–Trinajstić information content (AvgIpc) is 2.68. The molecule has 106 valence electrons. The predicted molar refractivity (Wildman–Crippen MR) is 79.8 cm³/mol. The molecule has 2 N–H and O–H groups in total. The van der Waals surface area contributed by atoms with Gasteiger partial charge in [-0.2, -0.15) is 0 Å². The van der Waals surface area contributed by atoms with Gasteiger partial charge in [0.1, 0.15) is 0 Å². The van der Waals surface area contributed by atoms with E-state index in [-0.39, 0.29) is 0 Å². The lowest BCUT2D eigenvalue weighted by molar-refractivity contribution is 0.313. The molecule has 0 saturated carbocycles. The molecule has 1 aliphatic rings. The zero-order valence-corrected chi connectivity index (χ0v) is 13.5. The van der Waals surface area contributed by atoms with E-state index in [2.05, 4.69) is 27.9 Å². The minimum Gasteiger partial charge on any atom is -0.330 e. The summed E-state index contributed by atoms with van der Waals surface area (Å²) < 4.78 is 23.8. The Kier molecular flexibility index (Phi) is 4.35. The smallest absolute Gasteiger partial charge is 0.176 e. The Morgan fingerprint density at radius 3 is 2.63 bits per heavy atom. The Morgan fingerprint density at radius 1 is 1.47 bits per heavy atom. The van der Waals surface area contributed by atoms with Gasteiger partial charge in [0.2, 0.25) is 0 Å². The molecule has 1 aliphatic heterocycles. The Labute approximate surface area is 123 Å². The molecule has 0 amide bonds. The second kappa shape index (κ2) is 5.52. The first kappa shape index (κ1) is 15.0. The Morgan fingerprint density at radius 2 is 2.16 bits per heavy atom. The van der Waals surface area contributed by atoms with Crippen molar-refractivity contribution in [2.45, 2.75) is 17.4 Å². The van der Waals surface area contributed by atoms with Crippen molar-refractivity contribution >= 4 is 25.8 Å². The van der Waals surface area contributed by atoms with Gasteiger partial charge in [0.05, 0.1) is 4.90 Å². The molecule has 0 spiro atoms. The molecule has 6 heteroatoms.